The van der Waals surface area contributed by atoms with Crippen molar-refractivity contribution in [2.24, 2.45) is 0 Å². The summed E-state index contributed by atoms with van der Waals surface area (Å²) in [6.07, 6.45) is -4.68. The van der Waals surface area contributed by atoms with Gasteiger partial charge in [-0.05, 0) is 5.56 Å². The Balaban J connectivity index is 2.02. The average Bonchev–Trinajstić information content (AvgIpc) is 3.02. The summed E-state index contributed by atoms with van der Waals surface area (Å²) in [6, 6.07) is 5.90. The number of nitrogens with zero attached hydrogens (tertiary/aromatic N) is 3. The second kappa shape index (κ2) is 6.65. The minimum Gasteiger partial charge on any atom is -0.332 e. The van der Waals surface area contributed by atoms with E-state index >= 15 is 0 Å². The Morgan fingerprint density at radius 2 is 2.00 bits per heavy atom. The molecule has 0 radical (unpaired) electrons. The standard InChI is InChI=1S/C13H13F3N4O3/c1-20(22-2)12(21)17-7-8-3-5-9(6-4-8)10-18-11(23-19-10)13(14,15)16/h3-6H,7H2,1-2H3,(H,17,21). The van der Waals surface area contributed by atoms with Crippen molar-refractivity contribution in [1.29, 1.82) is 0 Å². The van der Waals surface area contributed by atoms with Crippen molar-refractivity contribution in [1.82, 2.24) is 20.5 Å². The van der Waals surface area contributed by atoms with Crippen molar-refractivity contribution >= 4 is 6.03 Å². The molecule has 7 nitrogen and oxygen atoms in total. The Bertz CT molecular complexity index is 670. The van der Waals surface area contributed by atoms with Gasteiger partial charge in [0, 0.05) is 19.2 Å². The molecule has 0 bridgehead atoms. The van der Waals surface area contributed by atoms with Gasteiger partial charge < -0.3 is 9.84 Å². The number of amides is 2. The first kappa shape index (κ1) is 16.7. The molecule has 0 spiro atoms. The van der Waals surface area contributed by atoms with Crippen molar-refractivity contribution < 1.29 is 27.3 Å². The van der Waals surface area contributed by atoms with Crippen LogP contribution in [-0.4, -0.2) is 35.4 Å². The van der Waals surface area contributed by atoms with Gasteiger partial charge in [0.2, 0.25) is 5.82 Å². The second-order valence-electron chi connectivity index (χ2n) is 4.46. The molecular weight excluding hydrogens is 317 g/mol. The van der Waals surface area contributed by atoms with Gasteiger partial charge in [-0.3, -0.25) is 4.84 Å². The third-order valence-electron chi connectivity index (χ3n) is 2.88. The fraction of sp³-hybridized carbons (Fsp3) is 0.308. The fourth-order valence-electron chi connectivity index (χ4n) is 1.60. The molecule has 1 aromatic carbocycles. The lowest BCUT2D eigenvalue weighted by atomic mass is 10.1. The summed E-state index contributed by atoms with van der Waals surface area (Å²) in [5, 5.41) is 6.91. The van der Waals surface area contributed by atoms with E-state index in [2.05, 4.69) is 20.0 Å². The monoisotopic (exact) mass is 330 g/mol. The van der Waals surface area contributed by atoms with Gasteiger partial charge in [0.05, 0.1) is 7.11 Å². The van der Waals surface area contributed by atoms with E-state index in [0.717, 1.165) is 10.6 Å². The highest BCUT2D eigenvalue weighted by Gasteiger charge is 2.38. The maximum absolute atomic E-state index is 12.4. The number of benzene rings is 1. The fourth-order valence-corrected chi connectivity index (χ4v) is 1.60. The molecule has 1 N–H and O–H groups in total. The molecular formula is C13H13F3N4O3. The number of halogens is 3. The minimum atomic E-state index is -4.68. The van der Waals surface area contributed by atoms with Crippen LogP contribution in [0, 0.1) is 0 Å². The first-order valence-electron chi connectivity index (χ1n) is 6.37. The van der Waals surface area contributed by atoms with Crippen LogP contribution < -0.4 is 5.32 Å². The maximum Gasteiger partial charge on any atom is 0.471 e. The largest absolute Gasteiger partial charge is 0.471 e. The average molecular weight is 330 g/mol. The quantitative estimate of drug-likeness (QED) is 0.871. The third kappa shape index (κ3) is 4.19. The number of urea groups is 1. The van der Waals surface area contributed by atoms with E-state index in [1.54, 1.807) is 12.1 Å². The van der Waals surface area contributed by atoms with Crippen molar-refractivity contribution in [3.8, 4) is 11.4 Å². The molecule has 0 saturated carbocycles. The lowest BCUT2D eigenvalue weighted by Gasteiger charge is -2.14. The predicted molar refractivity (Wildman–Crippen MR) is 71.7 cm³/mol. The number of rotatable bonds is 4. The van der Waals surface area contributed by atoms with Crippen LogP contribution in [0.1, 0.15) is 11.5 Å². The van der Waals surface area contributed by atoms with E-state index < -0.39 is 18.1 Å². The molecule has 0 aliphatic rings. The molecule has 1 aromatic heterocycles. The molecule has 2 rings (SSSR count). The van der Waals surface area contributed by atoms with E-state index in [1.165, 1.54) is 26.3 Å². The van der Waals surface area contributed by atoms with Gasteiger partial charge in [-0.25, -0.2) is 9.86 Å². The Morgan fingerprint density at radius 3 is 2.52 bits per heavy atom. The number of carbonyl (C=O) groups is 1. The van der Waals surface area contributed by atoms with Gasteiger partial charge in [-0.1, -0.05) is 29.4 Å². The first-order valence-corrected chi connectivity index (χ1v) is 6.37. The van der Waals surface area contributed by atoms with E-state index in [4.69, 9.17) is 4.84 Å². The molecule has 23 heavy (non-hydrogen) atoms. The van der Waals surface area contributed by atoms with Crippen molar-refractivity contribution in [3.05, 3.63) is 35.7 Å². The highest BCUT2D eigenvalue weighted by molar-refractivity contribution is 5.72. The van der Waals surface area contributed by atoms with Crippen LogP contribution >= 0.6 is 0 Å². The third-order valence-corrected chi connectivity index (χ3v) is 2.88. The van der Waals surface area contributed by atoms with Crippen LogP contribution in [0.4, 0.5) is 18.0 Å². The van der Waals surface area contributed by atoms with E-state index in [9.17, 15) is 18.0 Å². The predicted octanol–water partition coefficient (Wildman–Crippen LogP) is 2.46. The van der Waals surface area contributed by atoms with Gasteiger partial charge in [0.15, 0.2) is 0 Å². The maximum atomic E-state index is 12.4. The first-order chi connectivity index (χ1) is 10.8. The molecule has 0 saturated heterocycles. The molecule has 0 unspecified atom stereocenters. The van der Waals surface area contributed by atoms with Gasteiger partial charge in [0.1, 0.15) is 0 Å². The summed E-state index contributed by atoms with van der Waals surface area (Å²) < 4.78 is 41.4. The number of nitrogens with one attached hydrogen (secondary N) is 1. The van der Waals surface area contributed by atoms with Crippen LogP contribution in [0.25, 0.3) is 11.4 Å². The van der Waals surface area contributed by atoms with Crippen LogP contribution in [0.3, 0.4) is 0 Å². The van der Waals surface area contributed by atoms with E-state index in [-0.39, 0.29) is 12.4 Å². The lowest BCUT2D eigenvalue weighted by Crippen LogP contribution is -2.35. The van der Waals surface area contributed by atoms with Gasteiger partial charge in [-0.2, -0.15) is 18.2 Å². The summed E-state index contributed by atoms with van der Waals surface area (Å²) in [5.41, 5.74) is 1.11. The number of hydroxylamine groups is 2. The smallest absolute Gasteiger partial charge is 0.332 e. The molecule has 0 aliphatic carbocycles. The second-order valence-corrected chi connectivity index (χ2v) is 4.46. The molecule has 124 valence electrons. The number of hydrogen-bond donors (Lipinski definition) is 1. The number of alkyl halides is 3. The number of hydrogen-bond acceptors (Lipinski definition) is 5. The zero-order chi connectivity index (χ0) is 17.0. The Hall–Kier alpha value is -2.62. The summed E-state index contributed by atoms with van der Waals surface area (Å²) >= 11 is 0. The lowest BCUT2D eigenvalue weighted by molar-refractivity contribution is -0.159. The van der Waals surface area contributed by atoms with Crippen LogP contribution in [0.5, 0.6) is 0 Å². The van der Waals surface area contributed by atoms with Crippen molar-refractivity contribution in [3.63, 3.8) is 0 Å². The molecule has 0 fully saturated rings. The SMILES string of the molecule is CON(C)C(=O)NCc1ccc(-c2noc(C(F)(F)F)n2)cc1. The molecule has 0 aliphatic heterocycles. The van der Waals surface area contributed by atoms with Crippen LogP contribution in [0.2, 0.25) is 0 Å². The number of carbonyl (C=O) groups excluding carboxylic acids is 1. The Morgan fingerprint density at radius 1 is 1.35 bits per heavy atom. The molecule has 2 aromatic rings. The Labute approximate surface area is 129 Å². The summed E-state index contributed by atoms with van der Waals surface area (Å²) in [4.78, 5) is 19.5. The zero-order valence-corrected chi connectivity index (χ0v) is 12.2. The van der Waals surface area contributed by atoms with Crippen LogP contribution in [-0.2, 0) is 17.6 Å². The van der Waals surface area contributed by atoms with Gasteiger partial charge in [-0.15, -0.1) is 0 Å². The number of aromatic nitrogens is 2. The topological polar surface area (TPSA) is 80.5 Å². The van der Waals surface area contributed by atoms with Crippen molar-refractivity contribution in [2.75, 3.05) is 14.2 Å². The Kier molecular flexibility index (Phi) is 4.84. The van der Waals surface area contributed by atoms with E-state index in [0.29, 0.717) is 5.56 Å². The zero-order valence-electron chi connectivity index (χ0n) is 12.2. The normalized spacial score (nSPS) is 11.3. The highest BCUT2D eigenvalue weighted by Crippen LogP contribution is 2.29. The highest BCUT2D eigenvalue weighted by atomic mass is 19.4. The summed E-state index contributed by atoms with van der Waals surface area (Å²) in [6.45, 7) is 0.229. The van der Waals surface area contributed by atoms with Crippen molar-refractivity contribution in [2.45, 2.75) is 12.7 Å². The minimum absolute atomic E-state index is 0.160. The van der Waals surface area contributed by atoms with E-state index in [1.807, 2.05) is 0 Å². The molecule has 0 atom stereocenters. The van der Waals surface area contributed by atoms with Gasteiger partial charge >= 0.3 is 18.1 Å². The van der Waals surface area contributed by atoms with Gasteiger partial charge in [0.25, 0.3) is 0 Å². The van der Waals surface area contributed by atoms with Crippen LogP contribution in [0.15, 0.2) is 28.8 Å². The summed E-state index contributed by atoms with van der Waals surface area (Å²) in [7, 11) is 2.81. The molecule has 1 heterocycles. The molecule has 2 amide bonds. The summed E-state index contributed by atoms with van der Waals surface area (Å²) in [5.74, 6) is -1.56. The molecule has 10 heteroatoms.